The van der Waals surface area contributed by atoms with E-state index in [1.807, 2.05) is 72.8 Å². The molecule has 51 heavy (non-hydrogen) atoms. The standard InChI is InChI=1S/C18H10N4.2C10H6N4.Ru/c1-2-8-14-13(7-1)21-17-11-5-3-9-19-15(11)16-12(18(17)22-14)6-4-10-20-16;2*1-2-8-10(14-6-4-12-8)9-7(1)11-3-5-13-9;/h1-10H;2*1-6H;. The van der Waals surface area contributed by atoms with Crippen molar-refractivity contribution < 1.29 is 19.5 Å². The van der Waals surface area contributed by atoms with Crippen molar-refractivity contribution in [1.29, 1.82) is 0 Å². The van der Waals surface area contributed by atoms with Crippen LogP contribution < -0.4 is 0 Å². The van der Waals surface area contributed by atoms with Gasteiger partial charge in [0.15, 0.2) is 0 Å². The van der Waals surface area contributed by atoms with Gasteiger partial charge in [-0.15, -0.1) is 0 Å². The average Bonchev–Trinajstić information content (AvgIpc) is 3.21. The van der Waals surface area contributed by atoms with Crippen LogP contribution in [0.25, 0.3) is 88.0 Å². The second kappa shape index (κ2) is 13.7. The number of pyridine rings is 2. The number of para-hydroxylation sites is 2. The fourth-order valence-corrected chi connectivity index (χ4v) is 5.87. The molecule has 0 aliphatic heterocycles. The Hall–Kier alpha value is -6.72. The number of hydrogen-bond acceptors (Lipinski definition) is 12. The van der Waals surface area contributed by atoms with E-state index in [1.54, 1.807) is 62.0 Å². The van der Waals surface area contributed by atoms with Gasteiger partial charge < -0.3 is 0 Å². The van der Waals surface area contributed by atoms with Crippen LogP contribution in [0.5, 0.6) is 0 Å². The minimum atomic E-state index is 0. The summed E-state index contributed by atoms with van der Waals surface area (Å²) in [6, 6.07) is 23.4. The molecule has 0 radical (unpaired) electrons. The number of aromatic nitrogens is 12. The maximum Gasteiger partial charge on any atom is 0.116 e. The molecule has 12 nitrogen and oxygen atoms in total. The van der Waals surface area contributed by atoms with Crippen LogP contribution in [0.4, 0.5) is 0 Å². The molecule has 0 fully saturated rings. The maximum absolute atomic E-state index is 4.83. The van der Waals surface area contributed by atoms with Crippen molar-refractivity contribution in [3.63, 3.8) is 0 Å². The fourth-order valence-electron chi connectivity index (χ4n) is 5.87. The quantitative estimate of drug-likeness (QED) is 0.0889. The van der Waals surface area contributed by atoms with E-state index in [1.165, 1.54) is 0 Å². The summed E-state index contributed by atoms with van der Waals surface area (Å²) in [5.74, 6) is 0. The molecule has 0 N–H and O–H groups in total. The minimum absolute atomic E-state index is 0. The van der Waals surface area contributed by atoms with Gasteiger partial charge in [0.05, 0.1) is 55.2 Å². The first-order valence-corrected chi connectivity index (χ1v) is 15.6. The van der Waals surface area contributed by atoms with E-state index in [4.69, 9.17) is 9.97 Å². The molecular weight excluding hydrogens is 726 g/mol. The third-order valence-electron chi connectivity index (χ3n) is 8.07. The fraction of sp³-hybridized carbons (Fsp3) is 0. The molecule has 7 aromatic heterocycles. The predicted molar refractivity (Wildman–Crippen MR) is 193 cm³/mol. The monoisotopic (exact) mass is 748 g/mol. The van der Waals surface area contributed by atoms with Crippen LogP contribution in [0.1, 0.15) is 0 Å². The largest absolute Gasteiger partial charge is 0.254 e. The predicted octanol–water partition coefficient (Wildman–Crippen LogP) is 7.02. The summed E-state index contributed by atoms with van der Waals surface area (Å²) >= 11 is 0. The molecule has 7 heterocycles. The van der Waals surface area contributed by atoms with Crippen molar-refractivity contribution in [1.82, 2.24) is 59.8 Å². The Bertz CT molecular complexity index is 2720. The first kappa shape index (κ1) is 31.5. The normalized spacial score (nSPS) is 11.0. The van der Waals surface area contributed by atoms with Crippen molar-refractivity contribution in [3.05, 3.63) is 135 Å². The molecular formula is C38H22N12Ru. The summed E-state index contributed by atoms with van der Waals surface area (Å²) in [6.45, 7) is 0. The molecule has 0 amide bonds. The van der Waals surface area contributed by atoms with Crippen LogP contribution in [-0.4, -0.2) is 59.8 Å². The zero-order chi connectivity index (χ0) is 33.3. The van der Waals surface area contributed by atoms with Gasteiger partial charge in [-0.3, -0.25) is 49.8 Å². The zero-order valence-electron chi connectivity index (χ0n) is 26.4. The molecule has 4 aromatic carbocycles. The van der Waals surface area contributed by atoms with Crippen molar-refractivity contribution in [2.24, 2.45) is 0 Å². The number of nitrogens with zero attached hydrogens (tertiary/aromatic N) is 12. The molecule has 11 aromatic rings. The molecule has 0 aliphatic carbocycles. The van der Waals surface area contributed by atoms with Crippen LogP contribution in [0, 0.1) is 0 Å². The van der Waals surface area contributed by atoms with Gasteiger partial charge in [0, 0.05) is 92.2 Å². The topological polar surface area (TPSA) is 155 Å². The van der Waals surface area contributed by atoms with Crippen LogP contribution in [0.2, 0.25) is 0 Å². The third kappa shape index (κ3) is 5.85. The average molecular weight is 748 g/mol. The smallest absolute Gasteiger partial charge is 0.116 e. The summed E-state index contributed by atoms with van der Waals surface area (Å²) in [7, 11) is 0. The molecule has 0 saturated carbocycles. The van der Waals surface area contributed by atoms with Crippen molar-refractivity contribution in [2.75, 3.05) is 0 Å². The van der Waals surface area contributed by atoms with Crippen LogP contribution in [0.3, 0.4) is 0 Å². The van der Waals surface area contributed by atoms with E-state index in [2.05, 4.69) is 49.8 Å². The molecule has 0 saturated heterocycles. The second-order valence-corrected chi connectivity index (χ2v) is 11.0. The Morgan fingerprint density at radius 2 is 0.549 bits per heavy atom. The third-order valence-corrected chi connectivity index (χ3v) is 8.07. The molecule has 0 bridgehead atoms. The Kier molecular flexibility index (Phi) is 8.45. The van der Waals surface area contributed by atoms with Crippen LogP contribution >= 0.6 is 0 Å². The molecule has 0 spiro atoms. The van der Waals surface area contributed by atoms with Gasteiger partial charge in [0.1, 0.15) is 22.1 Å². The maximum atomic E-state index is 4.83. The van der Waals surface area contributed by atoms with E-state index in [9.17, 15) is 0 Å². The van der Waals surface area contributed by atoms with Crippen molar-refractivity contribution >= 4 is 88.0 Å². The summed E-state index contributed by atoms with van der Waals surface area (Å²) in [4.78, 5) is 52.5. The Morgan fingerprint density at radius 1 is 0.235 bits per heavy atom. The van der Waals surface area contributed by atoms with Gasteiger partial charge in [-0.25, -0.2) is 9.97 Å². The van der Waals surface area contributed by atoms with E-state index >= 15 is 0 Å². The Labute approximate surface area is 301 Å². The zero-order valence-corrected chi connectivity index (χ0v) is 28.2. The summed E-state index contributed by atoms with van der Waals surface area (Å²) in [5.41, 5.74) is 11.9. The SMILES string of the molecule is [Ru].c1ccc2nc3c4cccnc4c4ncccc4c3nc2c1.c1cnc2c(ccc3nccnc32)n1.c1cnc2c(ccc3nccnc32)n1. The number of fused-ring (bicyclic) bond motifs is 13. The molecule has 0 unspecified atom stereocenters. The summed E-state index contributed by atoms with van der Waals surface area (Å²) < 4.78 is 0. The van der Waals surface area contributed by atoms with E-state index in [0.29, 0.717) is 0 Å². The summed E-state index contributed by atoms with van der Waals surface area (Å²) in [6.07, 6.45) is 16.9. The molecule has 13 heteroatoms. The van der Waals surface area contributed by atoms with Crippen LogP contribution in [0.15, 0.2) is 135 Å². The van der Waals surface area contributed by atoms with Crippen LogP contribution in [-0.2, 0) is 19.5 Å². The number of rotatable bonds is 0. The van der Waals surface area contributed by atoms with E-state index in [-0.39, 0.29) is 19.5 Å². The van der Waals surface area contributed by atoms with Gasteiger partial charge in [0.2, 0.25) is 0 Å². The first-order valence-electron chi connectivity index (χ1n) is 15.6. The minimum Gasteiger partial charge on any atom is -0.254 e. The van der Waals surface area contributed by atoms with E-state index < -0.39 is 0 Å². The number of hydrogen-bond donors (Lipinski definition) is 0. The number of benzene rings is 4. The molecule has 0 aliphatic rings. The van der Waals surface area contributed by atoms with Crippen molar-refractivity contribution in [3.8, 4) is 0 Å². The molecule has 11 rings (SSSR count). The second-order valence-electron chi connectivity index (χ2n) is 11.0. The van der Waals surface area contributed by atoms with Gasteiger partial charge in [-0.1, -0.05) is 12.1 Å². The van der Waals surface area contributed by atoms with Gasteiger partial charge >= 0.3 is 0 Å². The molecule has 0 atom stereocenters. The van der Waals surface area contributed by atoms with Gasteiger partial charge in [-0.05, 0) is 60.7 Å². The first-order chi connectivity index (χ1) is 24.8. The summed E-state index contributed by atoms with van der Waals surface area (Å²) in [5, 5.41) is 1.98. The van der Waals surface area contributed by atoms with Gasteiger partial charge in [-0.2, -0.15) is 0 Å². The van der Waals surface area contributed by atoms with Gasteiger partial charge in [0.25, 0.3) is 0 Å². The van der Waals surface area contributed by atoms with E-state index in [0.717, 1.165) is 88.0 Å². The Balaban J connectivity index is 0.000000114. The molecule has 242 valence electrons. The van der Waals surface area contributed by atoms with Crippen molar-refractivity contribution in [2.45, 2.75) is 0 Å². The Morgan fingerprint density at radius 3 is 0.902 bits per heavy atom.